The van der Waals surface area contributed by atoms with E-state index in [0.29, 0.717) is 18.6 Å². The van der Waals surface area contributed by atoms with Gasteiger partial charge in [-0.25, -0.2) is 0 Å². The number of carbonyl (C=O) groups excluding carboxylic acids is 1. The zero-order chi connectivity index (χ0) is 12.6. The van der Waals surface area contributed by atoms with E-state index in [1.165, 1.54) is 12.8 Å². The molecule has 0 aliphatic heterocycles. The first-order valence-corrected chi connectivity index (χ1v) is 6.44. The summed E-state index contributed by atoms with van der Waals surface area (Å²) in [5.74, 6) is 0.858. The van der Waals surface area contributed by atoms with Crippen LogP contribution in [-0.2, 0) is 4.79 Å². The minimum absolute atomic E-state index is 0.103. The molecule has 0 aromatic rings. The minimum Gasteiger partial charge on any atom is -0.353 e. The first-order chi connectivity index (χ1) is 7.41. The number of carbonyl (C=O) groups is 1. The highest BCUT2D eigenvalue weighted by Gasteiger charge is 2.07. The Morgan fingerprint density at radius 3 is 2.19 bits per heavy atom. The lowest BCUT2D eigenvalue weighted by Gasteiger charge is -2.15. The van der Waals surface area contributed by atoms with Crippen molar-refractivity contribution in [2.75, 3.05) is 6.54 Å². The van der Waals surface area contributed by atoms with Crippen LogP contribution in [0.2, 0.25) is 0 Å². The minimum atomic E-state index is 0.103. The molecule has 0 aliphatic carbocycles. The van der Waals surface area contributed by atoms with Crippen LogP contribution in [0.5, 0.6) is 0 Å². The molecule has 0 aliphatic rings. The van der Waals surface area contributed by atoms with Gasteiger partial charge in [-0.1, -0.05) is 40.5 Å². The molecule has 0 aromatic carbocycles. The van der Waals surface area contributed by atoms with Crippen LogP contribution in [0.15, 0.2) is 0 Å². The molecule has 0 spiro atoms. The third-order valence-electron chi connectivity index (χ3n) is 2.50. The van der Waals surface area contributed by atoms with E-state index < -0.39 is 0 Å². The highest BCUT2D eigenvalue weighted by Crippen LogP contribution is 2.07. The summed E-state index contributed by atoms with van der Waals surface area (Å²) < 4.78 is 0. The van der Waals surface area contributed by atoms with Gasteiger partial charge in [0, 0.05) is 12.1 Å². The largest absolute Gasteiger partial charge is 0.353 e. The molecule has 3 heteroatoms. The molecular formula is C13H28N2O. The van der Waals surface area contributed by atoms with Crippen molar-refractivity contribution < 1.29 is 4.79 Å². The van der Waals surface area contributed by atoms with Crippen LogP contribution in [0.3, 0.4) is 0 Å². The van der Waals surface area contributed by atoms with Crippen molar-refractivity contribution in [3.05, 3.63) is 0 Å². The molecule has 0 aromatic heterocycles. The average Bonchev–Trinajstić information content (AvgIpc) is 2.14. The SMILES string of the molecule is CC(C)CCCC(C)NC(=O)CNC(C)C. The van der Waals surface area contributed by atoms with Gasteiger partial charge in [0.2, 0.25) is 5.91 Å². The molecule has 0 saturated heterocycles. The van der Waals surface area contributed by atoms with Crippen LogP contribution >= 0.6 is 0 Å². The van der Waals surface area contributed by atoms with Crippen molar-refractivity contribution in [3.8, 4) is 0 Å². The molecule has 1 atom stereocenters. The van der Waals surface area contributed by atoms with Crippen molar-refractivity contribution >= 4 is 5.91 Å². The Labute approximate surface area is 100 Å². The Morgan fingerprint density at radius 2 is 1.69 bits per heavy atom. The molecule has 0 bridgehead atoms. The Morgan fingerprint density at radius 1 is 1.06 bits per heavy atom. The third kappa shape index (κ3) is 9.97. The summed E-state index contributed by atoms with van der Waals surface area (Å²) in [5.41, 5.74) is 0. The van der Waals surface area contributed by atoms with Gasteiger partial charge in [0.25, 0.3) is 0 Å². The van der Waals surface area contributed by atoms with E-state index in [-0.39, 0.29) is 5.91 Å². The van der Waals surface area contributed by atoms with Gasteiger partial charge in [-0.3, -0.25) is 4.79 Å². The molecule has 0 saturated carbocycles. The monoisotopic (exact) mass is 228 g/mol. The predicted molar refractivity (Wildman–Crippen MR) is 69.4 cm³/mol. The molecule has 0 radical (unpaired) electrons. The van der Waals surface area contributed by atoms with Gasteiger partial charge in [0.1, 0.15) is 0 Å². The fourth-order valence-corrected chi connectivity index (χ4v) is 1.53. The summed E-state index contributed by atoms with van der Waals surface area (Å²) >= 11 is 0. The first-order valence-electron chi connectivity index (χ1n) is 6.44. The van der Waals surface area contributed by atoms with Gasteiger partial charge >= 0.3 is 0 Å². The van der Waals surface area contributed by atoms with Gasteiger partial charge in [-0.05, 0) is 19.3 Å². The number of hydrogen-bond acceptors (Lipinski definition) is 2. The molecule has 1 amide bonds. The Hall–Kier alpha value is -0.570. The number of rotatable bonds is 8. The van der Waals surface area contributed by atoms with Gasteiger partial charge < -0.3 is 10.6 Å². The molecule has 0 fully saturated rings. The number of nitrogens with one attached hydrogen (secondary N) is 2. The van der Waals surface area contributed by atoms with Crippen molar-refractivity contribution in [2.45, 2.75) is 66.0 Å². The van der Waals surface area contributed by atoms with Crippen molar-refractivity contribution in [1.29, 1.82) is 0 Å². The highest BCUT2D eigenvalue weighted by atomic mass is 16.1. The highest BCUT2D eigenvalue weighted by molar-refractivity contribution is 5.78. The fraction of sp³-hybridized carbons (Fsp3) is 0.923. The van der Waals surface area contributed by atoms with E-state index in [0.717, 1.165) is 12.3 Å². The summed E-state index contributed by atoms with van der Waals surface area (Å²) in [5, 5.41) is 6.12. The second-order valence-corrected chi connectivity index (χ2v) is 5.33. The fourth-order valence-electron chi connectivity index (χ4n) is 1.53. The zero-order valence-electron chi connectivity index (χ0n) is 11.5. The normalized spacial score (nSPS) is 13.2. The van der Waals surface area contributed by atoms with E-state index in [1.807, 2.05) is 13.8 Å². The van der Waals surface area contributed by atoms with E-state index in [9.17, 15) is 4.79 Å². The number of hydrogen-bond donors (Lipinski definition) is 2. The second-order valence-electron chi connectivity index (χ2n) is 5.33. The van der Waals surface area contributed by atoms with Crippen LogP contribution in [0.1, 0.15) is 53.9 Å². The lowest BCUT2D eigenvalue weighted by atomic mass is 10.0. The molecule has 2 N–H and O–H groups in total. The maximum Gasteiger partial charge on any atom is 0.234 e. The summed E-state index contributed by atoms with van der Waals surface area (Å²) in [6, 6.07) is 0.655. The van der Waals surface area contributed by atoms with Gasteiger partial charge in [-0.15, -0.1) is 0 Å². The van der Waals surface area contributed by atoms with Gasteiger partial charge in [0.05, 0.1) is 6.54 Å². The van der Waals surface area contributed by atoms with Crippen LogP contribution in [0.4, 0.5) is 0 Å². The topological polar surface area (TPSA) is 41.1 Å². The molecule has 3 nitrogen and oxygen atoms in total. The van der Waals surface area contributed by atoms with E-state index in [4.69, 9.17) is 0 Å². The van der Waals surface area contributed by atoms with E-state index in [1.54, 1.807) is 0 Å². The summed E-state index contributed by atoms with van der Waals surface area (Å²) in [6.45, 7) is 11.0. The molecule has 0 rings (SSSR count). The predicted octanol–water partition coefficient (Wildman–Crippen LogP) is 2.32. The Balaban J connectivity index is 3.54. The van der Waals surface area contributed by atoms with E-state index >= 15 is 0 Å². The van der Waals surface area contributed by atoms with Crippen molar-refractivity contribution in [1.82, 2.24) is 10.6 Å². The quantitative estimate of drug-likeness (QED) is 0.669. The summed E-state index contributed by atoms with van der Waals surface area (Å²) in [7, 11) is 0. The lowest BCUT2D eigenvalue weighted by Crippen LogP contribution is -2.40. The average molecular weight is 228 g/mol. The summed E-state index contributed by atoms with van der Waals surface area (Å²) in [6.07, 6.45) is 3.51. The maximum atomic E-state index is 11.5. The molecule has 1 unspecified atom stereocenters. The van der Waals surface area contributed by atoms with Crippen LogP contribution in [0, 0.1) is 5.92 Å². The van der Waals surface area contributed by atoms with Gasteiger partial charge in [-0.2, -0.15) is 0 Å². The van der Waals surface area contributed by atoms with Crippen molar-refractivity contribution in [2.24, 2.45) is 5.92 Å². The summed E-state index contributed by atoms with van der Waals surface area (Å²) in [4.78, 5) is 11.5. The molecular weight excluding hydrogens is 200 g/mol. The zero-order valence-corrected chi connectivity index (χ0v) is 11.5. The molecule has 16 heavy (non-hydrogen) atoms. The maximum absolute atomic E-state index is 11.5. The second kappa shape index (κ2) is 8.57. The first kappa shape index (κ1) is 15.4. The molecule has 96 valence electrons. The van der Waals surface area contributed by atoms with Crippen molar-refractivity contribution in [3.63, 3.8) is 0 Å². The standard InChI is InChI=1S/C13H28N2O/c1-10(2)7-6-8-12(5)15-13(16)9-14-11(3)4/h10-12,14H,6-9H2,1-5H3,(H,15,16). The Kier molecular flexibility index (Phi) is 8.26. The van der Waals surface area contributed by atoms with Crippen LogP contribution in [-0.4, -0.2) is 24.5 Å². The van der Waals surface area contributed by atoms with Gasteiger partial charge in [0.15, 0.2) is 0 Å². The smallest absolute Gasteiger partial charge is 0.234 e. The Bertz CT molecular complexity index is 190. The molecule has 0 heterocycles. The third-order valence-corrected chi connectivity index (χ3v) is 2.50. The van der Waals surface area contributed by atoms with Crippen LogP contribution in [0.25, 0.3) is 0 Å². The van der Waals surface area contributed by atoms with E-state index in [2.05, 4.69) is 31.4 Å². The number of amides is 1. The lowest BCUT2D eigenvalue weighted by molar-refractivity contribution is -0.121. The van der Waals surface area contributed by atoms with Crippen LogP contribution < -0.4 is 10.6 Å².